The van der Waals surface area contributed by atoms with Gasteiger partial charge in [-0.05, 0) is 12.5 Å². The van der Waals surface area contributed by atoms with E-state index < -0.39 is 0 Å². The van der Waals surface area contributed by atoms with E-state index in [-0.39, 0.29) is 29.7 Å². The van der Waals surface area contributed by atoms with Crippen LogP contribution < -0.4 is 15.8 Å². The second-order valence-electron chi connectivity index (χ2n) is 3.95. The van der Waals surface area contributed by atoms with E-state index in [0.29, 0.717) is 23.8 Å². The van der Waals surface area contributed by atoms with Crippen molar-refractivity contribution >= 4 is 29.9 Å². The second kappa shape index (κ2) is 9.71. The van der Waals surface area contributed by atoms with Crippen LogP contribution in [0.4, 0.5) is 0 Å². The zero-order valence-electron chi connectivity index (χ0n) is 11.3. The third-order valence-electron chi connectivity index (χ3n) is 2.56. The van der Waals surface area contributed by atoms with Crippen LogP contribution >= 0.6 is 24.0 Å². The number of aliphatic imine (C=N–C) groups is 1. The van der Waals surface area contributed by atoms with Crippen LogP contribution in [0.25, 0.3) is 0 Å². The molecule has 0 fully saturated rings. The smallest absolute Gasteiger partial charge is 0.188 e. The number of ether oxygens (including phenoxy) is 1. The van der Waals surface area contributed by atoms with E-state index in [2.05, 4.69) is 17.2 Å². The second-order valence-corrected chi connectivity index (χ2v) is 3.95. The lowest BCUT2D eigenvalue weighted by atomic mass is 10.2. The lowest BCUT2D eigenvalue weighted by molar-refractivity contribution is 0.370. The predicted molar refractivity (Wildman–Crippen MR) is 88.3 cm³/mol. The monoisotopic (exact) mass is 379 g/mol. The molecule has 0 aliphatic heterocycles. The van der Waals surface area contributed by atoms with Crippen LogP contribution in [0, 0.1) is 0 Å². The molecule has 0 aliphatic rings. The molecule has 0 saturated heterocycles. The largest absolute Gasteiger partial charge is 0.504 e. The molecule has 19 heavy (non-hydrogen) atoms. The Balaban J connectivity index is 0.00000324. The molecule has 5 nitrogen and oxygen atoms in total. The number of guanidine groups is 1. The Morgan fingerprint density at radius 2 is 2.21 bits per heavy atom. The Morgan fingerprint density at radius 3 is 2.84 bits per heavy atom. The van der Waals surface area contributed by atoms with Crippen LogP contribution in [0.2, 0.25) is 0 Å². The third kappa shape index (κ3) is 6.00. The summed E-state index contributed by atoms with van der Waals surface area (Å²) >= 11 is 0. The molecule has 6 heteroatoms. The Hall–Kier alpha value is -1.18. The average Bonchev–Trinajstić information content (AvgIpc) is 2.38. The Labute approximate surface area is 131 Å². The van der Waals surface area contributed by atoms with Crippen LogP contribution in [0.5, 0.6) is 11.5 Å². The number of aromatic hydroxyl groups is 1. The summed E-state index contributed by atoms with van der Waals surface area (Å²) in [7, 11) is 1.52. The van der Waals surface area contributed by atoms with Gasteiger partial charge in [-0.1, -0.05) is 25.5 Å². The highest BCUT2D eigenvalue weighted by Crippen LogP contribution is 2.29. The number of rotatable bonds is 6. The van der Waals surface area contributed by atoms with Crippen molar-refractivity contribution in [1.29, 1.82) is 0 Å². The summed E-state index contributed by atoms with van der Waals surface area (Å²) < 4.78 is 5.03. The minimum absolute atomic E-state index is 0. The molecule has 0 unspecified atom stereocenters. The zero-order chi connectivity index (χ0) is 13.4. The van der Waals surface area contributed by atoms with Crippen molar-refractivity contribution in [2.75, 3.05) is 13.7 Å². The van der Waals surface area contributed by atoms with Crippen molar-refractivity contribution in [3.63, 3.8) is 0 Å². The lowest BCUT2D eigenvalue weighted by Crippen LogP contribution is -2.32. The molecule has 0 heterocycles. The summed E-state index contributed by atoms with van der Waals surface area (Å²) in [6, 6.07) is 5.30. The zero-order valence-corrected chi connectivity index (χ0v) is 13.7. The maximum absolute atomic E-state index is 9.86. The number of hydrogen-bond acceptors (Lipinski definition) is 3. The van der Waals surface area contributed by atoms with Gasteiger partial charge in [-0.2, -0.15) is 0 Å². The van der Waals surface area contributed by atoms with Gasteiger partial charge in [0.1, 0.15) is 0 Å². The lowest BCUT2D eigenvalue weighted by Gasteiger charge is -2.08. The van der Waals surface area contributed by atoms with Gasteiger partial charge in [0.05, 0.1) is 13.7 Å². The number of para-hydroxylation sites is 1. The number of phenolic OH excluding ortho intramolecular Hbond substituents is 1. The van der Waals surface area contributed by atoms with Gasteiger partial charge in [0.25, 0.3) is 0 Å². The summed E-state index contributed by atoms with van der Waals surface area (Å²) in [6.45, 7) is 3.26. The average molecular weight is 379 g/mol. The fraction of sp³-hybridized carbons (Fsp3) is 0.462. The van der Waals surface area contributed by atoms with E-state index in [1.165, 1.54) is 7.11 Å². The van der Waals surface area contributed by atoms with Crippen LogP contribution in [-0.4, -0.2) is 24.7 Å². The van der Waals surface area contributed by atoms with Gasteiger partial charge in [0.2, 0.25) is 0 Å². The molecular formula is C13H22IN3O2. The summed E-state index contributed by atoms with van der Waals surface area (Å²) in [5, 5.41) is 12.9. The molecule has 0 aromatic heterocycles. The van der Waals surface area contributed by atoms with Gasteiger partial charge in [0, 0.05) is 12.1 Å². The first kappa shape index (κ1) is 17.8. The molecule has 1 aromatic rings. The topological polar surface area (TPSA) is 79.9 Å². The molecular weight excluding hydrogens is 357 g/mol. The number of benzene rings is 1. The molecule has 0 aliphatic carbocycles. The van der Waals surface area contributed by atoms with Gasteiger partial charge in [0.15, 0.2) is 17.5 Å². The minimum Gasteiger partial charge on any atom is -0.504 e. The number of hydrogen-bond donors (Lipinski definition) is 3. The Bertz CT molecular complexity index is 411. The minimum atomic E-state index is 0. The fourth-order valence-electron chi connectivity index (χ4n) is 1.48. The number of phenols is 1. The summed E-state index contributed by atoms with van der Waals surface area (Å²) in [5.74, 6) is 0.955. The van der Waals surface area contributed by atoms with E-state index in [1.807, 2.05) is 6.07 Å². The normalized spacial score (nSPS) is 10.7. The number of nitrogens with zero attached hydrogens (tertiary/aromatic N) is 1. The molecule has 0 radical (unpaired) electrons. The SMILES string of the molecule is CCCCNC(N)=NCc1cccc(OC)c1O.I. The first-order chi connectivity index (χ1) is 8.69. The summed E-state index contributed by atoms with van der Waals surface area (Å²) in [4.78, 5) is 4.17. The molecule has 0 saturated carbocycles. The Kier molecular flexibility index (Phi) is 9.11. The molecule has 1 rings (SSSR count). The van der Waals surface area contributed by atoms with Crippen molar-refractivity contribution < 1.29 is 9.84 Å². The Morgan fingerprint density at radius 1 is 1.47 bits per heavy atom. The standard InChI is InChI=1S/C13H21N3O2.HI/c1-3-4-8-15-13(14)16-9-10-6-5-7-11(18-2)12(10)17;/h5-7,17H,3-4,8-9H2,1-2H3,(H3,14,15,16);1H. The van der Waals surface area contributed by atoms with Crippen LogP contribution in [-0.2, 0) is 6.54 Å². The summed E-state index contributed by atoms with van der Waals surface area (Å²) in [6.07, 6.45) is 2.16. The van der Waals surface area contributed by atoms with Crippen LogP contribution in [0.1, 0.15) is 25.3 Å². The van der Waals surface area contributed by atoms with Gasteiger partial charge in [-0.15, -0.1) is 24.0 Å². The highest BCUT2D eigenvalue weighted by molar-refractivity contribution is 14.0. The molecule has 0 bridgehead atoms. The molecule has 1 aromatic carbocycles. The van der Waals surface area contributed by atoms with E-state index in [4.69, 9.17) is 10.5 Å². The van der Waals surface area contributed by atoms with E-state index in [9.17, 15) is 5.11 Å². The number of halogens is 1. The van der Waals surface area contributed by atoms with E-state index >= 15 is 0 Å². The van der Waals surface area contributed by atoms with Crippen molar-refractivity contribution in [3.8, 4) is 11.5 Å². The quantitative estimate of drug-likeness (QED) is 0.307. The van der Waals surface area contributed by atoms with E-state index in [1.54, 1.807) is 12.1 Å². The fourth-order valence-corrected chi connectivity index (χ4v) is 1.48. The first-order valence-electron chi connectivity index (χ1n) is 6.07. The van der Waals surface area contributed by atoms with Crippen molar-refractivity contribution in [2.24, 2.45) is 10.7 Å². The van der Waals surface area contributed by atoms with Gasteiger partial charge in [-0.3, -0.25) is 0 Å². The van der Waals surface area contributed by atoms with Gasteiger partial charge in [-0.25, -0.2) is 4.99 Å². The first-order valence-corrected chi connectivity index (χ1v) is 6.07. The predicted octanol–water partition coefficient (Wildman–Crippen LogP) is 2.22. The highest BCUT2D eigenvalue weighted by atomic mass is 127. The maximum Gasteiger partial charge on any atom is 0.188 e. The number of methoxy groups -OCH3 is 1. The molecule has 0 amide bonds. The van der Waals surface area contributed by atoms with Crippen molar-refractivity contribution in [2.45, 2.75) is 26.3 Å². The van der Waals surface area contributed by atoms with Crippen LogP contribution in [0.3, 0.4) is 0 Å². The van der Waals surface area contributed by atoms with E-state index in [0.717, 1.165) is 19.4 Å². The highest BCUT2D eigenvalue weighted by Gasteiger charge is 2.06. The van der Waals surface area contributed by atoms with Crippen molar-refractivity contribution in [1.82, 2.24) is 5.32 Å². The molecule has 0 spiro atoms. The number of unbranched alkanes of at least 4 members (excludes halogenated alkanes) is 1. The third-order valence-corrected chi connectivity index (χ3v) is 2.56. The molecule has 0 atom stereocenters. The summed E-state index contributed by atoms with van der Waals surface area (Å²) in [5.41, 5.74) is 6.40. The van der Waals surface area contributed by atoms with Crippen molar-refractivity contribution in [3.05, 3.63) is 23.8 Å². The number of nitrogens with one attached hydrogen (secondary N) is 1. The number of nitrogens with two attached hydrogens (primary N) is 1. The van der Waals surface area contributed by atoms with Gasteiger partial charge >= 0.3 is 0 Å². The maximum atomic E-state index is 9.86. The van der Waals surface area contributed by atoms with Crippen LogP contribution in [0.15, 0.2) is 23.2 Å². The van der Waals surface area contributed by atoms with Gasteiger partial charge < -0.3 is 20.9 Å². The molecule has 4 N–H and O–H groups in total. The molecule has 108 valence electrons.